The van der Waals surface area contributed by atoms with Gasteiger partial charge in [0.15, 0.2) is 6.61 Å². The Hall–Kier alpha value is -3.23. The van der Waals surface area contributed by atoms with E-state index in [4.69, 9.17) is 4.74 Å². The average Bonchev–Trinajstić information content (AvgIpc) is 3.17. The van der Waals surface area contributed by atoms with Crippen molar-refractivity contribution in [3.8, 4) is 0 Å². The summed E-state index contributed by atoms with van der Waals surface area (Å²) in [7, 11) is 0. The van der Waals surface area contributed by atoms with Crippen molar-refractivity contribution in [2.45, 2.75) is 39.7 Å². The smallest absolute Gasteiger partial charge is 0.328 e. The zero-order valence-electron chi connectivity index (χ0n) is 15.2. The van der Waals surface area contributed by atoms with Gasteiger partial charge in [0.1, 0.15) is 17.9 Å². The van der Waals surface area contributed by atoms with E-state index in [1.165, 1.54) is 29.7 Å². The Balaban J connectivity index is 1.52. The van der Waals surface area contributed by atoms with E-state index in [9.17, 15) is 19.7 Å². The summed E-state index contributed by atoms with van der Waals surface area (Å²) < 4.78 is 6.16. The van der Waals surface area contributed by atoms with E-state index in [0.717, 1.165) is 19.3 Å². The minimum atomic E-state index is -0.695. The zero-order chi connectivity index (χ0) is 19.6. The number of hydrogen-bond acceptors (Lipinski definition) is 6. The number of anilines is 1. The van der Waals surface area contributed by atoms with Crippen LogP contribution in [0.5, 0.6) is 0 Å². The molecule has 0 bridgehead atoms. The standard InChI is InChI=1S/C18H20N4O5/c1-11-18(22(25)26)12(2)21(20-11)9-17(24)27-10-16(23)19-15-7-6-13-4-3-5-14(13)8-15/h6-8H,3-5,9-10H2,1-2H3,(H,19,23). The van der Waals surface area contributed by atoms with E-state index >= 15 is 0 Å². The van der Waals surface area contributed by atoms with Crippen LogP contribution in [0.15, 0.2) is 18.2 Å². The number of rotatable bonds is 6. The fourth-order valence-electron chi connectivity index (χ4n) is 3.27. The molecular weight excluding hydrogens is 352 g/mol. The highest BCUT2D eigenvalue weighted by molar-refractivity contribution is 5.92. The summed E-state index contributed by atoms with van der Waals surface area (Å²) in [4.78, 5) is 34.4. The molecule has 3 rings (SSSR count). The quantitative estimate of drug-likeness (QED) is 0.471. The van der Waals surface area contributed by atoms with E-state index in [1.807, 2.05) is 18.2 Å². The first-order valence-electron chi connectivity index (χ1n) is 8.61. The van der Waals surface area contributed by atoms with Crippen molar-refractivity contribution in [1.29, 1.82) is 0 Å². The minimum absolute atomic E-state index is 0.128. The number of aryl methyl sites for hydroxylation is 3. The van der Waals surface area contributed by atoms with Crippen LogP contribution in [-0.2, 0) is 33.7 Å². The van der Waals surface area contributed by atoms with Gasteiger partial charge in [0.2, 0.25) is 0 Å². The molecule has 1 aromatic carbocycles. The van der Waals surface area contributed by atoms with Gasteiger partial charge in [-0.3, -0.25) is 24.4 Å². The van der Waals surface area contributed by atoms with E-state index < -0.39 is 23.4 Å². The predicted molar refractivity (Wildman–Crippen MR) is 96.4 cm³/mol. The van der Waals surface area contributed by atoms with Crippen molar-refractivity contribution in [2.75, 3.05) is 11.9 Å². The lowest BCUT2D eigenvalue weighted by Crippen LogP contribution is -2.23. The van der Waals surface area contributed by atoms with Gasteiger partial charge in [-0.15, -0.1) is 0 Å². The van der Waals surface area contributed by atoms with Gasteiger partial charge in [-0.05, 0) is 56.4 Å². The highest BCUT2D eigenvalue weighted by atomic mass is 16.6. The normalized spacial score (nSPS) is 12.5. The largest absolute Gasteiger partial charge is 0.454 e. The summed E-state index contributed by atoms with van der Waals surface area (Å²) in [5, 5.41) is 17.7. The molecule has 0 atom stereocenters. The fraction of sp³-hybridized carbons (Fsp3) is 0.389. The number of carbonyl (C=O) groups excluding carboxylic acids is 2. The second kappa shape index (κ2) is 7.56. The fourth-order valence-corrected chi connectivity index (χ4v) is 3.27. The third-order valence-corrected chi connectivity index (χ3v) is 4.55. The van der Waals surface area contributed by atoms with Crippen LogP contribution in [-0.4, -0.2) is 33.2 Å². The molecule has 0 aliphatic heterocycles. The lowest BCUT2D eigenvalue weighted by Gasteiger charge is -2.08. The first-order chi connectivity index (χ1) is 12.8. The van der Waals surface area contributed by atoms with Crippen molar-refractivity contribution < 1.29 is 19.2 Å². The molecule has 1 aromatic heterocycles. The van der Waals surface area contributed by atoms with Crippen LogP contribution in [0.2, 0.25) is 0 Å². The number of fused-ring (bicyclic) bond motifs is 1. The van der Waals surface area contributed by atoms with Gasteiger partial charge < -0.3 is 10.1 Å². The molecule has 1 aliphatic rings. The van der Waals surface area contributed by atoms with Crippen molar-refractivity contribution in [2.24, 2.45) is 0 Å². The maximum absolute atomic E-state index is 12.0. The summed E-state index contributed by atoms with van der Waals surface area (Å²) >= 11 is 0. The zero-order valence-corrected chi connectivity index (χ0v) is 15.2. The summed E-state index contributed by atoms with van der Waals surface area (Å²) in [6.45, 7) is 2.27. The van der Waals surface area contributed by atoms with Crippen molar-refractivity contribution in [1.82, 2.24) is 9.78 Å². The molecule has 0 fully saturated rings. The maximum Gasteiger partial charge on any atom is 0.328 e. The van der Waals surface area contributed by atoms with Crippen LogP contribution in [0.4, 0.5) is 11.4 Å². The Morgan fingerprint density at radius 1 is 1.30 bits per heavy atom. The van der Waals surface area contributed by atoms with Gasteiger partial charge in [0, 0.05) is 5.69 Å². The van der Waals surface area contributed by atoms with Crippen LogP contribution in [0.1, 0.15) is 28.9 Å². The first kappa shape index (κ1) is 18.6. The summed E-state index contributed by atoms with van der Waals surface area (Å²) in [5.41, 5.74) is 3.56. The number of ether oxygens (including phenoxy) is 1. The van der Waals surface area contributed by atoms with E-state index in [1.54, 1.807) is 0 Å². The summed E-state index contributed by atoms with van der Waals surface area (Å²) in [5.74, 6) is -1.14. The first-order valence-corrected chi connectivity index (χ1v) is 8.61. The number of aromatic nitrogens is 2. The van der Waals surface area contributed by atoms with Crippen molar-refractivity contribution >= 4 is 23.3 Å². The van der Waals surface area contributed by atoms with Crippen LogP contribution in [0, 0.1) is 24.0 Å². The van der Waals surface area contributed by atoms with Crippen LogP contribution < -0.4 is 5.32 Å². The number of nitro groups is 1. The number of benzene rings is 1. The molecule has 0 spiro atoms. The average molecular weight is 372 g/mol. The lowest BCUT2D eigenvalue weighted by atomic mass is 10.1. The Morgan fingerprint density at radius 3 is 2.74 bits per heavy atom. The molecule has 0 saturated heterocycles. The van der Waals surface area contributed by atoms with Gasteiger partial charge in [0.25, 0.3) is 5.91 Å². The number of hydrogen-bond donors (Lipinski definition) is 1. The van der Waals surface area contributed by atoms with E-state index in [-0.39, 0.29) is 23.6 Å². The second-order valence-electron chi connectivity index (χ2n) is 6.48. The molecule has 9 heteroatoms. The Bertz CT molecular complexity index is 919. The maximum atomic E-state index is 12.0. The van der Waals surface area contributed by atoms with Crippen LogP contribution >= 0.6 is 0 Å². The molecule has 1 N–H and O–H groups in total. The molecule has 2 aromatic rings. The molecule has 1 amide bonds. The van der Waals surface area contributed by atoms with E-state index in [2.05, 4.69) is 10.4 Å². The SMILES string of the molecule is Cc1nn(CC(=O)OCC(=O)Nc2ccc3c(c2)CCC3)c(C)c1[N+](=O)[O-]. The van der Waals surface area contributed by atoms with Gasteiger partial charge in [-0.2, -0.15) is 5.10 Å². The molecule has 0 unspecified atom stereocenters. The third-order valence-electron chi connectivity index (χ3n) is 4.55. The van der Waals surface area contributed by atoms with Crippen LogP contribution in [0.3, 0.4) is 0 Å². The Morgan fingerprint density at radius 2 is 2.04 bits per heavy atom. The molecule has 0 radical (unpaired) electrons. The molecule has 27 heavy (non-hydrogen) atoms. The summed E-state index contributed by atoms with van der Waals surface area (Å²) in [6, 6.07) is 5.77. The minimum Gasteiger partial charge on any atom is -0.454 e. The number of carbonyl (C=O) groups is 2. The van der Waals surface area contributed by atoms with Crippen LogP contribution in [0.25, 0.3) is 0 Å². The summed E-state index contributed by atoms with van der Waals surface area (Å²) in [6.07, 6.45) is 3.18. The Kier molecular flexibility index (Phi) is 5.20. The molecular formula is C18H20N4O5. The molecule has 1 heterocycles. The number of nitrogens with one attached hydrogen (secondary N) is 1. The Labute approximate surface area is 155 Å². The van der Waals surface area contributed by atoms with Crippen molar-refractivity contribution in [3.63, 3.8) is 0 Å². The van der Waals surface area contributed by atoms with Gasteiger partial charge in [-0.1, -0.05) is 6.07 Å². The molecule has 0 saturated carbocycles. The molecule has 1 aliphatic carbocycles. The predicted octanol–water partition coefficient (Wildman–Crippen LogP) is 2.08. The third kappa shape index (κ3) is 4.13. The number of amides is 1. The second-order valence-corrected chi connectivity index (χ2v) is 6.48. The van der Waals surface area contributed by atoms with E-state index in [0.29, 0.717) is 5.69 Å². The number of esters is 1. The molecule has 9 nitrogen and oxygen atoms in total. The topological polar surface area (TPSA) is 116 Å². The monoisotopic (exact) mass is 372 g/mol. The lowest BCUT2D eigenvalue weighted by molar-refractivity contribution is -0.386. The van der Waals surface area contributed by atoms with Gasteiger partial charge in [-0.25, -0.2) is 0 Å². The number of nitrogens with zero attached hydrogens (tertiary/aromatic N) is 3. The highest BCUT2D eigenvalue weighted by Crippen LogP contribution is 2.25. The molecule has 142 valence electrons. The van der Waals surface area contributed by atoms with Gasteiger partial charge >= 0.3 is 11.7 Å². The highest BCUT2D eigenvalue weighted by Gasteiger charge is 2.23. The van der Waals surface area contributed by atoms with Crippen molar-refractivity contribution in [3.05, 3.63) is 50.8 Å². The van der Waals surface area contributed by atoms with Gasteiger partial charge in [0.05, 0.1) is 4.92 Å².